The van der Waals surface area contributed by atoms with Gasteiger partial charge in [0.15, 0.2) is 0 Å². The van der Waals surface area contributed by atoms with E-state index < -0.39 is 5.41 Å². The molecule has 33 heavy (non-hydrogen) atoms. The number of esters is 1. The summed E-state index contributed by atoms with van der Waals surface area (Å²) < 4.78 is 5.00. The van der Waals surface area contributed by atoms with Gasteiger partial charge in [0, 0.05) is 24.2 Å². The van der Waals surface area contributed by atoms with Gasteiger partial charge in [0.1, 0.15) is 5.41 Å². The molecule has 4 rings (SSSR count). The number of para-hydroxylation sites is 1. The molecule has 0 unspecified atom stereocenters. The van der Waals surface area contributed by atoms with E-state index >= 15 is 0 Å². The smallest absolute Gasteiger partial charge is 0.305 e. The van der Waals surface area contributed by atoms with Crippen molar-refractivity contribution in [3.8, 4) is 0 Å². The molecule has 0 saturated heterocycles. The van der Waals surface area contributed by atoms with E-state index in [9.17, 15) is 9.59 Å². The minimum atomic E-state index is -0.844. The zero-order chi connectivity index (χ0) is 23.1. The number of rotatable bonds is 10. The van der Waals surface area contributed by atoms with Gasteiger partial charge in [-0.2, -0.15) is 0 Å². The molecule has 1 aliphatic heterocycles. The average molecular weight is 442 g/mol. The Balaban J connectivity index is 1.58. The highest BCUT2D eigenvalue weighted by atomic mass is 16.5. The van der Waals surface area contributed by atoms with Gasteiger partial charge in [0.25, 0.3) is 0 Å². The van der Waals surface area contributed by atoms with Crippen molar-refractivity contribution in [1.82, 2.24) is 0 Å². The molecule has 0 radical (unpaired) electrons. The predicted molar refractivity (Wildman–Crippen MR) is 131 cm³/mol. The second-order valence-corrected chi connectivity index (χ2v) is 8.43. The Morgan fingerprint density at radius 2 is 1.36 bits per heavy atom. The highest BCUT2D eigenvalue weighted by Gasteiger charge is 2.52. The number of hydrogen-bond acceptors (Lipinski definition) is 3. The molecule has 4 heteroatoms. The molecule has 0 atom stereocenters. The number of benzene rings is 3. The number of ether oxygens (including phenoxy) is 1. The molecule has 1 heterocycles. The quantitative estimate of drug-likeness (QED) is 0.291. The average Bonchev–Trinajstić information content (AvgIpc) is 3.11. The molecule has 0 fully saturated rings. The van der Waals surface area contributed by atoms with E-state index in [0.29, 0.717) is 19.6 Å². The van der Waals surface area contributed by atoms with Crippen molar-refractivity contribution in [1.29, 1.82) is 0 Å². The first-order chi connectivity index (χ1) is 16.2. The lowest BCUT2D eigenvalue weighted by Crippen LogP contribution is -2.42. The van der Waals surface area contributed by atoms with Crippen LogP contribution < -0.4 is 4.90 Å². The largest absolute Gasteiger partial charge is 0.466 e. The maximum absolute atomic E-state index is 14.2. The number of unbranched alkanes of at least 4 members (excludes halogenated alkanes) is 3. The lowest BCUT2D eigenvalue weighted by atomic mass is 9.70. The first kappa shape index (κ1) is 22.8. The van der Waals surface area contributed by atoms with Gasteiger partial charge < -0.3 is 9.64 Å². The van der Waals surface area contributed by atoms with Gasteiger partial charge in [-0.3, -0.25) is 9.59 Å². The van der Waals surface area contributed by atoms with Crippen molar-refractivity contribution in [2.75, 3.05) is 18.1 Å². The number of anilines is 1. The van der Waals surface area contributed by atoms with Crippen molar-refractivity contribution < 1.29 is 14.3 Å². The summed E-state index contributed by atoms with van der Waals surface area (Å²) in [4.78, 5) is 27.7. The predicted octanol–water partition coefficient (Wildman–Crippen LogP) is 5.88. The SMILES string of the molecule is CCOC(=O)CCCCCCN1C(=O)C(c2ccccc2)(c2ccccc2)c2ccccc21. The minimum absolute atomic E-state index is 0.104. The topological polar surface area (TPSA) is 46.6 Å². The van der Waals surface area contributed by atoms with Crippen molar-refractivity contribution >= 4 is 17.6 Å². The third-order valence-corrected chi connectivity index (χ3v) is 6.40. The van der Waals surface area contributed by atoms with Crippen LogP contribution in [-0.2, 0) is 19.7 Å². The molecular weight excluding hydrogens is 410 g/mol. The summed E-state index contributed by atoms with van der Waals surface area (Å²) in [6.07, 6.45) is 4.09. The van der Waals surface area contributed by atoms with Gasteiger partial charge in [-0.25, -0.2) is 0 Å². The summed E-state index contributed by atoms with van der Waals surface area (Å²) in [5.74, 6) is -0.0238. The summed E-state index contributed by atoms with van der Waals surface area (Å²) in [5.41, 5.74) is 3.16. The number of amides is 1. The molecule has 1 aliphatic rings. The molecule has 3 aromatic carbocycles. The Labute approximate surface area is 196 Å². The highest BCUT2D eigenvalue weighted by Crippen LogP contribution is 2.50. The molecule has 4 nitrogen and oxygen atoms in total. The van der Waals surface area contributed by atoms with E-state index in [1.54, 1.807) is 0 Å². The van der Waals surface area contributed by atoms with Gasteiger partial charge in [0.05, 0.1) is 6.61 Å². The lowest BCUT2D eigenvalue weighted by Gasteiger charge is -2.30. The zero-order valence-corrected chi connectivity index (χ0v) is 19.2. The molecule has 0 N–H and O–H groups in total. The second-order valence-electron chi connectivity index (χ2n) is 8.43. The van der Waals surface area contributed by atoms with Crippen molar-refractivity contribution in [2.45, 2.75) is 44.4 Å². The van der Waals surface area contributed by atoms with Crippen molar-refractivity contribution in [2.24, 2.45) is 0 Å². The van der Waals surface area contributed by atoms with E-state index in [1.807, 2.05) is 60.4 Å². The molecular formula is C29H31NO3. The molecule has 170 valence electrons. The molecule has 1 amide bonds. The number of carbonyl (C=O) groups is 2. The van der Waals surface area contributed by atoms with Crippen LogP contribution >= 0.6 is 0 Å². The Kier molecular flexibility index (Phi) is 7.23. The van der Waals surface area contributed by atoms with Gasteiger partial charge in [-0.05, 0) is 37.0 Å². The van der Waals surface area contributed by atoms with Gasteiger partial charge in [0.2, 0.25) is 5.91 Å². The monoisotopic (exact) mass is 441 g/mol. The molecule has 0 bridgehead atoms. The first-order valence-corrected chi connectivity index (χ1v) is 11.9. The third kappa shape index (κ3) is 4.43. The summed E-state index contributed by atoms with van der Waals surface area (Å²) in [5, 5.41) is 0. The summed E-state index contributed by atoms with van der Waals surface area (Å²) in [6.45, 7) is 2.92. The van der Waals surface area contributed by atoms with E-state index in [2.05, 4.69) is 36.4 Å². The van der Waals surface area contributed by atoms with E-state index in [4.69, 9.17) is 4.74 Å². The molecule has 3 aromatic rings. The molecule has 0 saturated carbocycles. The number of carbonyl (C=O) groups excluding carboxylic acids is 2. The van der Waals surface area contributed by atoms with Crippen LogP contribution in [0.3, 0.4) is 0 Å². The molecule has 0 aliphatic carbocycles. The zero-order valence-electron chi connectivity index (χ0n) is 19.2. The third-order valence-electron chi connectivity index (χ3n) is 6.40. The Morgan fingerprint density at radius 1 is 0.788 bits per heavy atom. The normalized spacial score (nSPS) is 14.2. The summed E-state index contributed by atoms with van der Waals surface area (Å²) in [6, 6.07) is 28.4. The van der Waals surface area contributed by atoms with E-state index in [1.165, 1.54) is 0 Å². The first-order valence-electron chi connectivity index (χ1n) is 11.9. The Bertz CT molecular complexity index is 1040. The number of nitrogens with zero attached hydrogens (tertiary/aromatic N) is 1. The highest BCUT2D eigenvalue weighted by molar-refractivity contribution is 6.13. The maximum atomic E-state index is 14.2. The Morgan fingerprint density at radius 3 is 2.00 bits per heavy atom. The van der Waals surface area contributed by atoms with Gasteiger partial charge >= 0.3 is 5.97 Å². The van der Waals surface area contributed by atoms with Gasteiger partial charge in [-0.15, -0.1) is 0 Å². The maximum Gasteiger partial charge on any atom is 0.305 e. The fraction of sp³-hybridized carbons (Fsp3) is 0.310. The fourth-order valence-corrected chi connectivity index (χ4v) is 4.90. The van der Waals surface area contributed by atoms with Crippen LogP contribution in [0.5, 0.6) is 0 Å². The van der Waals surface area contributed by atoms with Crippen LogP contribution in [-0.4, -0.2) is 25.0 Å². The summed E-state index contributed by atoms with van der Waals surface area (Å²) >= 11 is 0. The van der Waals surface area contributed by atoms with Crippen LogP contribution in [0.15, 0.2) is 84.9 Å². The van der Waals surface area contributed by atoms with Crippen LogP contribution in [0, 0.1) is 0 Å². The van der Waals surface area contributed by atoms with E-state index in [0.717, 1.165) is 48.1 Å². The van der Waals surface area contributed by atoms with E-state index in [-0.39, 0.29) is 11.9 Å². The molecule has 0 aromatic heterocycles. The van der Waals surface area contributed by atoms with Crippen LogP contribution in [0.4, 0.5) is 5.69 Å². The van der Waals surface area contributed by atoms with Crippen molar-refractivity contribution in [3.05, 3.63) is 102 Å². The fourth-order valence-electron chi connectivity index (χ4n) is 4.90. The number of fused-ring (bicyclic) bond motifs is 1. The Hall–Kier alpha value is -3.40. The van der Waals surface area contributed by atoms with Crippen LogP contribution in [0.2, 0.25) is 0 Å². The standard InChI is InChI=1S/C29H31NO3/c1-2-33-27(31)21-11-3-4-14-22-30-26-20-13-12-19-25(26)29(28(30)32,23-15-7-5-8-16-23)24-17-9-6-10-18-24/h5-10,12-13,15-20H,2-4,11,14,21-22H2,1H3. The second kappa shape index (κ2) is 10.5. The lowest BCUT2D eigenvalue weighted by molar-refractivity contribution is -0.143. The van der Waals surface area contributed by atoms with Crippen LogP contribution in [0.1, 0.15) is 55.7 Å². The summed E-state index contributed by atoms with van der Waals surface area (Å²) in [7, 11) is 0. The number of hydrogen-bond donors (Lipinski definition) is 0. The minimum Gasteiger partial charge on any atom is -0.466 e. The van der Waals surface area contributed by atoms with Crippen molar-refractivity contribution in [3.63, 3.8) is 0 Å². The van der Waals surface area contributed by atoms with Crippen LogP contribution in [0.25, 0.3) is 0 Å². The molecule has 0 spiro atoms. The van der Waals surface area contributed by atoms with Gasteiger partial charge in [-0.1, -0.05) is 91.7 Å².